The zero-order valence-corrected chi connectivity index (χ0v) is 8.97. The Bertz CT molecular complexity index is 651. The van der Waals surface area contributed by atoms with Gasteiger partial charge in [-0.25, -0.2) is 0 Å². The fourth-order valence-corrected chi connectivity index (χ4v) is 1.51. The maximum absolute atomic E-state index is 5.49. The molecule has 7 heteroatoms. The van der Waals surface area contributed by atoms with Crippen molar-refractivity contribution < 1.29 is 8.94 Å². The van der Waals surface area contributed by atoms with Gasteiger partial charge in [0, 0.05) is 6.07 Å². The van der Waals surface area contributed by atoms with Crippen molar-refractivity contribution in [1.82, 2.24) is 20.3 Å². The summed E-state index contributed by atoms with van der Waals surface area (Å²) in [5, 5.41) is 10.4. The van der Waals surface area contributed by atoms with Crippen LogP contribution in [0.3, 0.4) is 0 Å². The molecule has 0 radical (unpaired) electrons. The lowest BCUT2D eigenvalue weighted by molar-refractivity contribution is 0.430. The third-order valence-electron chi connectivity index (χ3n) is 2.35. The summed E-state index contributed by atoms with van der Waals surface area (Å²) in [6.45, 7) is 1.83. The SMILES string of the molecule is Cc1occc1-c1noc(-c2cc(N)n[nH]2)n1. The van der Waals surface area contributed by atoms with Gasteiger partial charge in [-0.15, -0.1) is 0 Å². The van der Waals surface area contributed by atoms with Gasteiger partial charge in [0.25, 0.3) is 5.89 Å². The Balaban J connectivity index is 2.01. The maximum atomic E-state index is 5.49. The molecule has 0 aliphatic carbocycles. The van der Waals surface area contributed by atoms with Crippen LogP contribution < -0.4 is 5.73 Å². The van der Waals surface area contributed by atoms with E-state index in [1.807, 2.05) is 6.92 Å². The van der Waals surface area contributed by atoms with Gasteiger partial charge in [-0.05, 0) is 13.0 Å². The molecule has 3 heterocycles. The van der Waals surface area contributed by atoms with Gasteiger partial charge in [-0.1, -0.05) is 5.16 Å². The molecule has 0 aliphatic rings. The monoisotopic (exact) mass is 231 g/mol. The smallest absolute Gasteiger partial charge is 0.276 e. The molecule has 0 spiro atoms. The molecule has 3 aromatic heterocycles. The number of nitrogens with two attached hydrogens (primary N) is 1. The quantitative estimate of drug-likeness (QED) is 0.693. The highest BCUT2D eigenvalue weighted by atomic mass is 16.5. The van der Waals surface area contributed by atoms with Gasteiger partial charge in [0.1, 0.15) is 17.3 Å². The fourth-order valence-electron chi connectivity index (χ4n) is 1.51. The van der Waals surface area contributed by atoms with Gasteiger partial charge in [-0.3, -0.25) is 5.10 Å². The molecule has 0 bridgehead atoms. The van der Waals surface area contributed by atoms with Crippen LogP contribution in [-0.2, 0) is 0 Å². The van der Waals surface area contributed by atoms with Crippen LogP contribution in [0.2, 0.25) is 0 Å². The number of hydrogen-bond donors (Lipinski definition) is 2. The Kier molecular flexibility index (Phi) is 1.97. The average molecular weight is 231 g/mol. The molecular formula is C10H9N5O2. The summed E-state index contributed by atoms with van der Waals surface area (Å²) in [5.74, 6) is 1.92. The number of aromatic amines is 1. The van der Waals surface area contributed by atoms with Crippen LogP contribution in [0.5, 0.6) is 0 Å². The van der Waals surface area contributed by atoms with Crippen LogP contribution >= 0.6 is 0 Å². The maximum Gasteiger partial charge on any atom is 0.276 e. The second-order valence-corrected chi connectivity index (χ2v) is 3.52. The highest BCUT2D eigenvalue weighted by molar-refractivity contribution is 5.60. The van der Waals surface area contributed by atoms with Crippen molar-refractivity contribution in [3.63, 3.8) is 0 Å². The van der Waals surface area contributed by atoms with Gasteiger partial charge in [0.15, 0.2) is 0 Å². The van der Waals surface area contributed by atoms with Crippen LogP contribution in [0.4, 0.5) is 5.82 Å². The number of aryl methyl sites for hydroxylation is 1. The van der Waals surface area contributed by atoms with E-state index in [1.54, 1.807) is 18.4 Å². The molecule has 0 saturated carbocycles. The standard InChI is InChI=1S/C10H9N5O2/c1-5-6(2-3-16-5)9-12-10(17-15-9)7-4-8(11)14-13-7/h2-4H,1H3,(H3,11,13,14). The van der Waals surface area contributed by atoms with Gasteiger partial charge >= 0.3 is 0 Å². The number of anilines is 1. The van der Waals surface area contributed by atoms with Crippen LogP contribution in [0.15, 0.2) is 27.3 Å². The summed E-state index contributed by atoms with van der Waals surface area (Å²) in [4.78, 5) is 4.23. The lowest BCUT2D eigenvalue weighted by atomic mass is 10.2. The number of furan rings is 1. The first-order chi connectivity index (χ1) is 8.24. The minimum atomic E-state index is 0.338. The molecule has 7 nitrogen and oxygen atoms in total. The van der Waals surface area contributed by atoms with Crippen molar-refractivity contribution in [2.24, 2.45) is 0 Å². The zero-order chi connectivity index (χ0) is 11.8. The number of H-pyrrole nitrogens is 1. The topological polar surface area (TPSA) is 107 Å². The van der Waals surface area contributed by atoms with Crippen LogP contribution in [0.1, 0.15) is 5.76 Å². The molecule has 0 amide bonds. The van der Waals surface area contributed by atoms with Crippen LogP contribution in [-0.4, -0.2) is 20.3 Å². The average Bonchev–Trinajstić information content (AvgIpc) is 2.97. The fraction of sp³-hybridized carbons (Fsp3) is 0.100. The van der Waals surface area contributed by atoms with E-state index in [1.165, 1.54) is 0 Å². The van der Waals surface area contributed by atoms with E-state index in [2.05, 4.69) is 20.3 Å². The molecule has 0 atom stereocenters. The molecule has 3 aromatic rings. The molecule has 0 aliphatic heterocycles. The minimum absolute atomic E-state index is 0.338. The molecule has 86 valence electrons. The summed E-state index contributed by atoms with van der Waals surface area (Å²) in [5.41, 5.74) is 6.88. The molecule has 0 fully saturated rings. The molecule has 17 heavy (non-hydrogen) atoms. The summed E-state index contributed by atoms with van der Waals surface area (Å²) in [7, 11) is 0. The second kappa shape index (κ2) is 3.48. The third kappa shape index (κ3) is 1.57. The zero-order valence-electron chi connectivity index (χ0n) is 8.97. The molecule has 0 unspecified atom stereocenters. The van der Waals surface area contributed by atoms with E-state index >= 15 is 0 Å². The van der Waals surface area contributed by atoms with Crippen molar-refractivity contribution in [2.75, 3.05) is 5.73 Å². The molecule has 3 rings (SSSR count). The number of rotatable bonds is 2. The Morgan fingerprint density at radius 1 is 1.41 bits per heavy atom. The Hall–Kier alpha value is -2.57. The van der Waals surface area contributed by atoms with Crippen molar-refractivity contribution in [3.8, 4) is 23.0 Å². The van der Waals surface area contributed by atoms with E-state index in [-0.39, 0.29) is 0 Å². The van der Waals surface area contributed by atoms with E-state index in [0.717, 1.165) is 11.3 Å². The summed E-state index contributed by atoms with van der Waals surface area (Å²) in [6.07, 6.45) is 1.58. The van der Waals surface area contributed by atoms with E-state index in [0.29, 0.717) is 23.2 Å². The van der Waals surface area contributed by atoms with Crippen LogP contribution in [0, 0.1) is 6.92 Å². The van der Waals surface area contributed by atoms with Crippen molar-refractivity contribution in [1.29, 1.82) is 0 Å². The van der Waals surface area contributed by atoms with Gasteiger partial charge in [-0.2, -0.15) is 10.1 Å². The Labute approximate surface area is 95.6 Å². The van der Waals surface area contributed by atoms with Gasteiger partial charge in [0.05, 0.1) is 11.8 Å². The number of nitrogens with one attached hydrogen (secondary N) is 1. The second-order valence-electron chi connectivity index (χ2n) is 3.52. The number of aromatic nitrogens is 4. The third-order valence-corrected chi connectivity index (χ3v) is 2.35. The Morgan fingerprint density at radius 3 is 2.94 bits per heavy atom. The van der Waals surface area contributed by atoms with Crippen molar-refractivity contribution in [3.05, 3.63) is 24.2 Å². The predicted molar refractivity (Wildman–Crippen MR) is 58.7 cm³/mol. The molecule has 3 N–H and O–H groups in total. The lowest BCUT2D eigenvalue weighted by Crippen LogP contribution is -1.81. The van der Waals surface area contributed by atoms with Crippen LogP contribution in [0.25, 0.3) is 23.0 Å². The molecule has 0 aromatic carbocycles. The summed E-state index contributed by atoms with van der Waals surface area (Å²) in [6, 6.07) is 3.41. The van der Waals surface area contributed by atoms with Gasteiger partial charge in [0.2, 0.25) is 5.82 Å². The first kappa shape index (κ1) is 9.64. The number of hydrogen-bond acceptors (Lipinski definition) is 6. The first-order valence-corrected chi connectivity index (χ1v) is 4.93. The first-order valence-electron chi connectivity index (χ1n) is 4.93. The number of nitrogen functional groups attached to an aromatic ring is 1. The number of nitrogens with zero attached hydrogens (tertiary/aromatic N) is 3. The minimum Gasteiger partial charge on any atom is -0.469 e. The van der Waals surface area contributed by atoms with Crippen molar-refractivity contribution >= 4 is 5.82 Å². The Morgan fingerprint density at radius 2 is 2.29 bits per heavy atom. The van der Waals surface area contributed by atoms with E-state index in [9.17, 15) is 0 Å². The van der Waals surface area contributed by atoms with E-state index in [4.69, 9.17) is 14.7 Å². The highest BCUT2D eigenvalue weighted by Crippen LogP contribution is 2.24. The largest absolute Gasteiger partial charge is 0.469 e. The van der Waals surface area contributed by atoms with Gasteiger partial charge < -0.3 is 14.7 Å². The molecule has 0 saturated heterocycles. The normalized spacial score (nSPS) is 10.9. The molecular weight excluding hydrogens is 222 g/mol. The predicted octanol–water partition coefficient (Wildman–Crippen LogP) is 1.61. The lowest BCUT2D eigenvalue weighted by Gasteiger charge is -1.87. The van der Waals surface area contributed by atoms with E-state index < -0.39 is 0 Å². The summed E-state index contributed by atoms with van der Waals surface area (Å²) >= 11 is 0. The highest BCUT2D eigenvalue weighted by Gasteiger charge is 2.15. The summed E-state index contributed by atoms with van der Waals surface area (Å²) < 4.78 is 10.3. The van der Waals surface area contributed by atoms with Crippen molar-refractivity contribution in [2.45, 2.75) is 6.92 Å².